The molecule has 1 N–H and O–H groups in total. The number of rotatable bonds is 10. The third-order valence-corrected chi connectivity index (χ3v) is 9.52. The van der Waals surface area contributed by atoms with Crippen LogP contribution in [0.2, 0.25) is 5.02 Å². The maximum Gasteiger partial charge on any atom is 0.232 e. The second kappa shape index (κ2) is 13.9. The molecule has 3 nitrogen and oxygen atoms in total. The van der Waals surface area contributed by atoms with Crippen LogP contribution in [0, 0.1) is 12.3 Å². The molecule has 0 aliphatic heterocycles. The third-order valence-electron chi connectivity index (χ3n) is 9.28. The highest BCUT2D eigenvalue weighted by atomic mass is 35.5. The van der Waals surface area contributed by atoms with Gasteiger partial charge in [0.1, 0.15) is 0 Å². The molecule has 4 aromatic rings. The molecule has 0 radical (unpaired) electrons. The van der Waals surface area contributed by atoms with E-state index in [1.54, 1.807) is 0 Å². The summed E-state index contributed by atoms with van der Waals surface area (Å²) < 4.78 is 0. The van der Waals surface area contributed by atoms with Crippen LogP contribution in [0.3, 0.4) is 0 Å². The monoisotopic (exact) mass is 605 g/mol. The van der Waals surface area contributed by atoms with E-state index in [1.807, 2.05) is 73.7 Å². The zero-order valence-corrected chi connectivity index (χ0v) is 27.2. The molecule has 44 heavy (non-hydrogen) atoms. The molecule has 0 aromatic heterocycles. The molecule has 1 amide bonds. The Hall–Kier alpha value is -3.69. The predicted molar refractivity (Wildman–Crippen MR) is 184 cm³/mol. The average Bonchev–Trinajstić information content (AvgIpc) is 3.01. The Bertz CT molecular complexity index is 1590. The van der Waals surface area contributed by atoms with Crippen molar-refractivity contribution < 1.29 is 9.59 Å². The molecule has 1 saturated carbocycles. The Labute approximate surface area is 268 Å². The summed E-state index contributed by atoms with van der Waals surface area (Å²) in [4.78, 5) is 26.4. The van der Waals surface area contributed by atoms with Crippen LogP contribution in [0.15, 0.2) is 91.0 Å². The number of nitrogens with one attached hydrogen (secondary N) is 1. The summed E-state index contributed by atoms with van der Waals surface area (Å²) >= 11 is 6.16. The largest absolute Gasteiger partial charge is 0.326 e. The van der Waals surface area contributed by atoms with Gasteiger partial charge in [-0.3, -0.25) is 9.59 Å². The van der Waals surface area contributed by atoms with Gasteiger partial charge in [-0.15, -0.1) is 0 Å². The number of amides is 1. The van der Waals surface area contributed by atoms with Crippen LogP contribution in [-0.2, 0) is 11.2 Å². The molecule has 1 aliphatic rings. The summed E-state index contributed by atoms with van der Waals surface area (Å²) in [6, 6.07) is 30.4. The average molecular weight is 606 g/mol. The molecular weight excluding hydrogens is 562 g/mol. The highest BCUT2D eigenvalue weighted by molar-refractivity contribution is 6.30. The third kappa shape index (κ3) is 7.87. The van der Waals surface area contributed by atoms with Crippen LogP contribution in [0.25, 0.3) is 11.1 Å². The number of hydrogen-bond acceptors (Lipinski definition) is 2. The van der Waals surface area contributed by atoms with Crippen molar-refractivity contribution in [1.29, 1.82) is 0 Å². The van der Waals surface area contributed by atoms with Crippen molar-refractivity contribution in [1.82, 2.24) is 0 Å². The lowest BCUT2D eigenvalue weighted by atomic mass is 9.71. The van der Waals surface area contributed by atoms with Gasteiger partial charge in [0.15, 0.2) is 5.78 Å². The van der Waals surface area contributed by atoms with Crippen molar-refractivity contribution >= 4 is 29.0 Å². The normalized spacial score (nSPS) is 15.5. The summed E-state index contributed by atoms with van der Waals surface area (Å²) in [5.74, 6) is 0.284. The number of benzene rings is 4. The van der Waals surface area contributed by atoms with E-state index in [4.69, 9.17) is 11.6 Å². The van der Waals surface area contributed by atoms with E-state index in [-0.39, 0.29) is 17.6 Å². The van der Waals surface area contributed by atoms with Crippen molar-refractivity contribution in [2.45, 2.75) is 84.5 Å². The quantitative estimate of drug-likeness (QED) is 0.183. The van der Waals surface area contributed by atoms with E-state index < -0.39 is 0 Å². The Morgan fingerprint density at radius 2 is 1.61 bits per heavy atom. The highest BCUT2D eigenvalue weighted by Gasteiger charge is 2.29. The van der Waals surface area contributed by atoms with Crippen LogP contribution >= 0.6 is 11.6 Å². The number of carbonyl (C=O) groups excluding carboxylic acids is 2. The number of aryl methyl sites for hydroxylation is 1. The van der Waals surface area contributed by atoms with Gasteiger partial charge in [-0.05, 0) is 114 Å². The summed E-state index contributed by atoms with van der Waals surface area (Å²) in [5, 5.41) is 3.93. The second-order valence-corrected chi connectivity index (χ2v) is 13.7. The maximum atomic E-state index is 14.0. The van der Waals surface area contributed by atoms with E-state index in [1.165, 1.54) is 31.2 Å². The Kier molecular flexibility index (Phi) is 10.1. The van der Waals surface area contributed by atoms with Crippen LogP contribution in [0.1, 0.15) is 104 Å². The van der Waals surface area contributed by atoms with Crippen molar-refractivity contribution in [2.24, 2.45) is 5.41 Å². The van der Waals surface area contributed by atoms with Crippen LogP contribution in [0.5, 0.6) is 0 Å². The van der Waals surface area contributed by atoms with E-state index >= 15 is 0 Å². The summed E-state index contributed by atoms with van der Waals surface area (Å²) in [5.41, 5.74) is 8.61. The molecule has 0 bridgehead atoms. The molecule has 0 saturated heterocycles. The van der Waals surface area contributed by atoms with Gasteiger partial charge in [-0.2, -0.15) is 0 Å². The first-order chi connectivity index (χ1) is 21.1. The number of anilines is 1. The maximum absolute atomic E-state index is 14.0. The van der Waals surface area contributed by atoms with Gasteiger partial charge in [0.05, 0.1) is 5.92 Å². The van der Waals surface area contributed by atoms with Crippen LogP contribution < -0.4 is 5.32 Å². The lowest BCUT2D eigenvalue weighted by Gasteiger charge is -2.34. The van der Waals surface area contributed by atoms with Gasteiger partial charge in [0, 0.05) is 22.7 Å². The zero-order chi connectivity index (χ0) is 31.3. The molecule has 0 spiro atoms. The van der Waals surface area contributed by atoms with E-state index in [0.717, 1.165) is 50.5 Å². The van der Waals surface area contributed by atoms with Gasteiger partial charge in [0.2, 0.25) is 5.91 Å². The molecule has 0 unspecified atom stereocenters. The SMILES string of the molecule is CCCC(=O)c1ccc(C[C@@H](C(=O)Nc2ccc(-c3ccc(Cl)cc3C)cc2)c2cccc(C3CCC(C)(C)CC3)c2)cc1. The molecule has 1 fully saturated rings. The molecule has 228 valence electrons. The lowest BCUT2D eigenvalue weighted by Crippen LogP contribution is -2.24. The first-order valence-corrected chi connectivity index (χ1v) is 16.4. The molecule has 4 heteroatoms. The number of carbonyl (C=O) groups is 2. The Morgan fingerprint density at radius 3 is 2.27 bits per heavy atom. The molecule has 4 aromatic carbocycles. The first kappa shape index (κ1) is 31.7. The Balaban J connectivity index is 1.39. The topological polar surface area (TPSA) is 46.2 Å². The number of ketones is 1. The number of Topliss-reactive ketones (excluding diaryl/α,β-unsaturated/α-hetero) is 1. The number of hydrogen-bond donors (Lipinski definition) is 1. The van der Waals surface area contributed by atoms with Gasteiger partial charge >= 0.3 is 0 Å². The van der Waals surface area contributed by atoms with Crippen LogP contribution in [0.4, 0.5) is 5.69 Å². The molecule has 1 atom stereocenters. The van der Waals surface area contributed by atoms with E-state index in [0.29, 0.717) is 24.2 Å². The zero-order valence-electron chi connectivity index (χ0n) is 26.5. The second-order valence-electron chi connectivity index (χ2n) is 13.3. The molecule has 1 aliphatic carbocycles. The fourth-order valence-electron chi connectivity index (χ4n) is 6.47. The van der Waals surface area contributed by atoms with Crippen LogP contribution in [-0.4, -0.2) is 11.7 Å². The Morgan fingerprint density at radius 1 is 0.909 bits per heavy atom. The molecule has 5 rings (SSSR count). The van der Waals surface area contributed by atoms with Gasteiger partial charge < -0.3 is 5.32 Å². The fourth-order valence-corrected chi connectivity index (χ4v) is 6.70. The lowest BCUT2D eigenvalue weighted by molar-refractivity contribution is -0.117. The number of halogens is 1. The molecular formula is C40H44ClNO2. The van der Waals surface area contributed by atoms with Crippen molar-refractivity contribution in [3.8, 4) is 11.1 Å². The van der Waals surface area contributed by atoms with Crippen molar-refractivity contribution in [2.75, 3.05) is 5.32 Å². The highest BCUT2D eigenvalue weighted by Crippen LogP contribution is 2.43. The summed E-state index contributed by atoms with van der Waals surface area (Å²) in [6.45, 7) is 8.80. The standard InChI is InChI=1S/C40H44ClNO2/c1-5-7-38(43)31-12-10-28(11-13-31)25-37(33-9-6-8-32(26-33)29-20-22-40(3,4)23-21-29)39(44)42-35-17-14-30(15-18-35)36-19-16-34(41)24-27(36)2/h6,8-19,24,26,29,37H,5,7,20-23,25H2,1-4H3,(H,42,44)/t37-/m1/s1. The first-order valence-electron chi connectivity index (χ1n) is 16.0. The minimum atomic E-state index is -0.370. The molecule has 0 heterocycles. The smallest absolute Gasteiger partial charge is 0.232 e. The summed E-state index contributed by atoms with van der Waals surface area (Å²) in [6.07, 6.45) is 6.74. The van der Waals surface area contributed by atoms with Gasteiger partial charge in [-0.1, -0.05) is 99.1 Å². The van der Waals surface area contributed by atoms with Crippen molar-refractivity contribution in [3.63, 3.8) is 0 Å². The predicted octanol–water partition coefficient (Wildman–Crippen LogP) is 10.9. The summed E-state index contributed by atoms with van der Waals surface area (Å²) in [7, 11) is 0. The van der Waals surface area contributed by atoms with Gasteiger partial charge in [-0.25, -0.2) is 0 Å². The van der Waals surface area contributed by atoms with E-state index in [9.17, 15) is 9.59 Å². The fraction of sp³-hybridized carbons (Fsp3) is 0.350. The minimum Gasteiger partial charge on any atom is -0.326 e. The van der Waals surface area contributed by atoms with E-state index in [2.05, 4.69) is 50.4 Å². The minimum absolute atomic E-state index is 0.0338. The van der Waals surface area contributed by atoms with Gasteiger partial charge in [0.25, 0.3) is 0 Å². The van der Waals surface area contributed by atoms with Crippen molar-refractivity contribution in [3.05, 3.63) is 124 Å².